The van der Waals surface area contributed by atoms with Crippen LogP contribution in [0.5, 0.6) is 0 Å². The third-order valence-electron chi connectivity index (χ3n) is 2.30. The first-order valence-corrected chi connectivity index (χ1v) is 6.34. The highest BCUT2D eigenvalue weighted by molar-refractivity contribution is 6.40. The number of carbonyl (C=O) groups is 1. The fourth-order valence-corrected chi connectivity index (χ4v) is 1.55. The van der Waals surface area contributed by atoms with E-state index in [-0.39, 0.29) is 22.6 Å². The van der Waals surface area contributed by atoms with Crippen molar-refractivity contribution in [2.24, 2.45) is 5.92 Å². The summed E-state index contributed by atoms with van der Waals surface area (Å²) < 4.78 is 1.12. The van der Waals surface area contributed by atoms with E-state index in [0.29, 0.717) is 12.5 Å². The van der Waals surface area contributed by atoms with Crippen molar-refractivity contribution in [3.8, 4) is 0 Å². The lowest BCUT2D eigenvalue weighted by Crippen LogP contribution is -2.33. The van der Waals surface area contributed by atoms with Gasteiger partial charge in [0.1, 0.15) is 11.6 Å². The molecule has 0 unspecified atom stereocenters. The Labute approximate surface area is 115 Å². The van der Waals surface area contributed by atoms with E-state index in [0.717, 1.165) is 11.0 Å². The second-order valence-electron chi connectivity index (χ2n) is 4.31. The van der Waals surface area contributed by atoms with Crippen LogP contribution in [0.1, 0.15) is 20.3 Å². The van der Waals surface area contributed by atoms with Crippen LogP contribution in [0.3, 0.4) is 0 Å². The van der Waals surface area contributed by atoms with Gasteiger partial charge in [-0.2, -0.15) is 0 Å². The molecule has 18 heavy (non-hydrogen) atoms. The molecule has 7 heteroatoms. The Hall–Kier alpha value is -1.07. The lowest BCUT2D eigenvalue weighted by molar-refractivity contribution is -0.121. The van der Waals surface area contributed by atoms with Crippen LogP contribution in [0.25, 0.3) is 0 Å². The highest BCUT2D eigenvalue weighted by Crippen LogP contribution is 2.12. The maximum atomic E-state index is 11.6. The van der Waals surface area contributed by atoms with Gasteiger partial charge in [0, 0.05) is 6.54 Å². The van der Waals surface area contributed by atoms with Crippen LogP contribution in [0.4, 0.5) is 0 Å². The number of hydrogen-bond donors (Lipinski definition) is 1. The number of rotatable bonds is 5. The molecule has 1 aromatic heterocycles. The second kappa shape index (κ2) is 6.75. The Bertz CT molecular complexity index is 486. The van der Waals surface area contributed by atoms with Crippen LogP contribution >= 0.6 is 23.2 Å². The minimum absolute atomic E-state index is 0.0573. The van der Waals surface area contributed by atoms with Gasteiger partial charge in [0.25, 0.3) is 5.56 Å². The summed E-state index contributed by atoms with van der Waals surface area (Å²) in [4.78, 5) is 26.9. The molecular weight excluding hydrogens is 277 g/mol. The molecule has 0 aliphatic rings. The molecule has 0 aromatic carbocycles. The number of amides is 1. The molecule has 0 saturated heterocycles. The van der Waals surface area contributed by atoms with E-state index in [1.54, 1.807) is 0 Å². The third kappa shape index (κ3) is 4.31. The van der Waals surface area contributed by atoms with Crippen LogP contribution in [0, 0.1) is 5.92 Å². The van der Waals surface area contributed by atoms with E-state index in [1.807, 2.05) is 0 Å². The minimum Gasteiger partial charge on any atom is -0.355 e. The summed E-state index contributed by atoms with van der Waals surface area (Å²) in [5, 5.41) is 2.49. The molecule has 1 aromatic rings. The normalized spacial score (nSPS) is 10.7. The average molecular weight is 292 g/mol. The number of nitrogens with zero attached hydrogens (tertiary/aromatic N) is 2. The first-order valence-electron chi connectivity index (χ1n) is 5.59. The smallest absolute Gasteiger partial charge is 0.274 e. The lowest BCUT2D eigenvalue weighted by Gasteiger charge is -2.08. The molecule has 0 spiro atoms. The van der Waals surface area contributed by atoms with Crippen molar-refractivity contribution in [3.63, 3.8) is 0 Å². The van der Waals surface area contributed by atoms with Crippen LogP contribution in [-0.4, -0.2) is 22.0 Å². The van der Waals surface area contributed by atoms with Gasteiger partial charge in [-0.3, -0.25) is 14.2 Å². The molecule has 1 rings (SSSR count). The Morgan fingerprint density at radius 1 is 1.50 bits per heavy atom. The van der Waals surface area contributed by atoms with Crippen molar-refractivity contribution >= 4 is 29.1 Å². The molecule has 0 bridgehead atoms. The summed E-state index contributed by atoms with van der Waals surface area (Å²) in [6.45, 7) is 4.61. The molecule has 0 atom stereocenters. The van der Waals surface area contributed by atoms with Gasteiger partial charge >= 0.3 is 0 Å². The molecule has 100 valence electrons. The molecule has 1 heterocycles. The number of nitrogens with one attached hydrogen (secondary N) is 1. The number of hydrogen-bond acceptors (Lipinski definition) is 3. The predicted molar refractivity (Wildman–Crippen MR) is 71.0 cm³/mol. The van der Waals surface area contributed by atoms with E-state index in [9.17, 15) is 9.59 Å². The zero-order chi connectivity index (χ0) is 13.7. The predicted octanol–water partition coefficient (Wildman–Crippen LogP) is 1.71. The minimum atomic E-state index is -0.518. The van der Waals surface area contributed by atoms with Crippen molar-refractivity contribution in [2.75, 3.05) is 6.54 Å². The van der Waals surface area contributed by atoms with Crippen LogP contribution < -0.4 is 10.9 Å². The molecule has 1 N–H and O–H groups in total. The fourth-order valence-electron chi connectivity index (χ4n) is 1.27. The zero-order valence-corrected chi connectivity index (χ0v) is 11.8. The fraction of sp³-hybridized carbons (Fsp3) is 0.545. The Balaban J connectivity index is 2.60. The van der Waals surface area contributed by atoms with E-state index in [2.05, 4.69) is 24.1 Å². The molecular formula is C11H15Cl2N3O2. The Morgan fingerprint density at radius 3 is 2.78 bits per heavy atom. The lowest BCUT2D eigenvalue weighted by atomic mass is 10.1. The van der Waals surface area contributed by atoms with E-state index >= 15 is 0 Å². The summed E-state index contributed by atoms with van der Waals surface area (Å²) in [5.41, 5.74) is -0.518. The van der Waals surface area contributed by atoms with Crippen molar-refractivity contribution in [2.45, 2.75) is 26.8 Å². The van der Waals surface area contributed by atoms with E-state index < -0.39 is 5.56 Å². The summed E-state index contributed by atoms with van der Waals surface area (Å²) in [5.74, 6) is 0.262. The molecule has 5 nitrogen and oxygen atoms in total. The quantitative estimate of drug-likeness (QED) is 0.840. The first-order chi connectivity index (χ1) is 8.41. The molecule has 1 amide bonds. The SMILES string of the molecule is CC(C)CCNC(=O)Cn1cnc(Cl)c(Cl)c1=O. The average Bonchev–Trinajstić information content (AvgIpc) is 2.29. The van der Waals surface area contributed by atoms with Crippen molar-refractivity contribution in [3.05, 3.63) is 26.9 Å². The van der Waals surface area contributed by atoms with Crippen LogP contribution in [-0.2, 0) is 11.3 Å². The molecule has 0 radical (unpaired) electrons. The van der Waals surface area contributed by atoms with Gasteiger partial charge in [0.15, 0.2) is 5.15 Å². The van der Waals surface area contributed by atoms with Gasteiger partial charge in [-0.25, -0.2) is 4.98 Å². The van der Waals surface area contributed by atoms with Crippen LogP contribution in [0.2, 0.25) is 10.2 Å². The zero-order valence-electron chi connectivity index (χ0n) is 10.2. The van der Waals surface area contributed by atoms with E-state index in [4.69, 9.17) is 23.2 Å². The standard InChI is InChI=1S/C11H15Cl2N3O2/c1-7(2)3-4-14-8(17)5-16-6-15-10(13)9(12)11(16)18/h6-7H,3-5H2,1-2H3,(H,14,17). The molecule has 0 saturated carbocycles. The summed E-state index contributed by atoms with van der Waals surface area (Å²) in [6, 6.07) is 0. The highest BCUT2D eigenvalue weighted by atomic mass is 35.5. The maximum absolute atomic E-state index is 11.6. The van der Waals surface area contributed by atoms with Crippen molar-refractivity contribution < 1.29 is 4.79 Å². The molecule has 0 aliphatic carbocycles. The van der Waals surface area contributed by atoms with Gasteiger partial charge in [0.05, 0.1) is 6.33 Å². The Kier molecular flexibility index (Phi) is 5.62. The van der Waals surface area contributed by atoms with Crippen molar-refractivity contribution in [1.29, 1.82) is 0 Å². The van der Waals surface area contributed by atoms with Crippen molar-refractivity contribution in [1.82, 2.24) is 14.9 Å². The third-order valence-corrected chi connectivity index (χ3v) is 3.02. The summed E-state index contributed by atoms with van der Waals surface area (Å²) in [7, 11) is 0. The van der Waals surface area contributed by atoms with Crippen LogP contribution in [0.15, 0.2) is 11.1 Å². The topological polar surface area (TPSA) is 64.0 Å². The van der Waals surface area contributed by atoms with Gasteiger partial charge in [-0.05, 0) is 12.3 Å². The monoisotopic (exact) mass is 291 g/mol. The highest BCUT2D eigenvalue weighted by Gasteiger charge is 2.10. The first kappa shape index (κ1) is 15.0. The van der Waals surface area contributed by atoms with Gasteiger partial charge in [-0.15, -0.1) is 0 Å². The summed E-state index contributed by atoms with van der Waals surface area (Å²) >= 11 is 11.2. The largest absolute Gasteiger partial charge is 0.355 e. The second-order valence-corrected chi connectivity index (χ2v) is 5.05. The van der Waals surface area contributed by atoms with Gasteiger partial charge in [0.2, 0.25) is 5.91 Å². The van der Waals surface area contributed by atoms with Gasteiger partial charge in [-0.1, -0.05) is 37.0 Å². The molecule has 0 fully saturated rings. The van der Waals surface area contributed by atoms with Gasteiger partial charge < -0.3 is 5.32 Å². The summed E-state index contributed by atoms with van der Waals surface area (Å²) in [6.07, 6.45) is 2.10. The Morgan fingerprint density at radius 2 is 2.17 bits per heavy atom. The number of carbonyl (C=O) groups excluding carboxylic acids is 1. The number of aromatic nitrogens is 2. The maximum Gasteiger partial charge on any atom is 0.274 e. The number of halogens is 2. The van der Waals surface area contributed by atoms with E-state index in [1.165, 1.54) is 6.33 Å². The molecule has 0 aliphatic heterocycles.